The zero-order chi connectivity index (χ0) is 11.0. The molecule has 84 valence electrons. The van der Waals surface area contributed by atoms with Crippen LogP contribution in [0.1, 0.15) is 34.1 Å². The Balaban J connectivity index is 3.67. The van der Waals surface area contributed by atoms with Crippen molar-refractivity contribution >= 4 is 0 Å². The molecule has 0 aromatic rings. The second-order valence-electron chi connectivity index (χ2n) is 4.17. The van der Waals surface area contributed by atoms with Crippen molar-refractivity contribution in [3.63, 3.8) is 0 Å². The minimum Gasteiger partial charge on any atom is -0.380 e. The van der Waals surface area contributed by atoms with Crippen LogP contribution in [0.15, 0.2) is 12.2 Å². The van der Waals surface area contributed by atoms with Crippen molar-refractivity contribution in [2.45, 2.75) is 40.2 Å². The van der Waals surface area contributed by atoms with Crippen molar-refractivity contribution in [3.8, 4) is 0 Å². The fourth-order valence-electron chi connectivity index (χ4n) is 1.20. The monoisotopic (exact) mass is 199 g/mol. The summed E-state index contributed by atoms with van der Waals surface area (Å²) in [6.07, 6.45) is 1.05. The van der Waals surface area contributed by atoms with Crippen molar-refractivity contribution in [3.05, 3.63) is 12.2 Å². The van der Waals surface area contributed by atoms with Gasteiger partial charge in [0.15, 0.2) is 0 Å². The Kier molecular flexibility index (Phi) is 7.81. The van der Waals surface area contributed by atoms with Gasteiger partial charge in [-0.25, -0.2) is 0 Å². The molecule has 0 amide bonds. The highest BCUT2D eigenvalue weighted by atomic mass is 16.5. The molecular weight excluding hydrogens is 174 g/mol. The molecule has 0 aromatic heterocycles. The molecule has 0 radical (unpaired) electrons. The van der Waals surface area contributed by atoms with Gasteiger partial charge in [-0.3, -0.25) is 0 Å². The molecule has 1 unspecified atom stereocenters. The molecule has 14 heavy (non-hydrogen) atoms. The average molecular weight is 199 g/mol. The maximum atomic E-state index is 5.43. The Morgan fingerprint density at radius 3 is 2.50 bits per heavy atom. The molecule has 0 aliphatic heterocycles. The van der Waals surface area contributed by atoms with Crippen molar-refractivity contribution in [1.82, 2.24) is 5.32 Å². The number of hydrogen-bond acceptors (Lipinski definition) is 2. The Labute approximate surface area is 88.7 Å². The zero-order valence-corrected chi connectivity index (χ0v) is 10.1. The molecule has 0 bridgehead atoms. The molecular formula is C12H25NO. The van der Waals surface area contributed by atoms with Gasteiger partial charge in [0, 0.05) is 12.6 Å². The lowest BCUT2D eigenvalue weighted by molar-refractivity contribution is 0.108. The lowest BCUT2D eigenvalue weighted by Gasteiger charge is -2.22. The van der Waals surface area contributed by atoms with Crippen LogP contribution in [0, 0.1) is 5.92 Å². The van der Waals surface area contributed by atoms with E-state index in [4.69, 9.17) is 4.74 Å². The van der Waals surface area contributed by atoms with E-state index in [1.54, 1.807) is 0 Å². The van der Waals surface area contributed by atoms with Crippen molar-refractivity contribution in [1.29, 1.82) is 0 Å². The molecule has 0 aromatic carbocycles. The lowest BCUT2D eigenvalue weighted by Crippen LogP contribution is -2.38. The first-order chi connectivity index (χ1) is 6.57. The second kappa shape index (κ2) is 8.01. The smallest absolute Gasteiger partial charge is 0.0621 e. The van der Waals surface area contributed by atoms with E-state index in [1.165, 1.54) is 5.57 Å². The minimum absolute atomic E-state index is 0.467. The first-order valence-electron chi connectivity index (χ1n) is 5.53. The van der Waals surface area contributed by atoms with Gasteiger partial charge in [-0.1, -0.05) is 19.4 Å². The van der Waals surface area contributed by atoms with E-state index in [0.29, 0.717) is 12.0 Å². The molecule has 0 fully saturated rings. The average Bonchev–Trinajstić information content (AvgIpc) is 2.09. The summed E-state index contributed by atoms with van der Waals surface area (Å²) in [5.41, 5.74) is 1.23. The third kappa shape index (κ3) is 7.10. The summed E-state index contributed by atoms with van der Waals surface area (Å²) < 4.78 is 5.43. The van der Waals surface area contributed by atoms with Crippen LogP contribution < -0.4 is 5.32 Å². The van der Waals surface area contributed by atoms with Gasteiger partial charge in [-0.15, -0.1) is 6.58 Å². The summed E-state index contributed by atoms with van der Waals surface area (Å²) in [5, 5.41) is 3.50. The van der Waals surface area contributed by atoms with E-state index in [9.17, 15) is 0 Å². The van der Waals surface area contributed by atoms with Gasteiger partial charge in [0.2, 0.25) is 0 Å². The van der Waals surface area contributed by atoms with Crippen LogP contribution in [0.2, 0.25) is 0 Å². The van der Waals surface area contributed by atoms with E-state index in [2.05, 4.69) is 32.7 Å². The van der Waals surface area contributed by atoms with Gasteiger partial charge >= 0.3 is 0 Å². The molecule has 0 aliphatic rings. The highest BCUT2D eigenvalue weighted by Crippen LogP contribution is 2.03. The predicted octanol–water partition coefficient (Wildman–Crippen LogP) is 2.60. The molecule has 0 saturated carbocycles. The van der Waals surface area contributed by atoms with Crippen LogP contribution in [0.25, 0.3) is 0 Å². The van der Waals surface area contributed by atoms with Gasteiger partial charge in [0.05, 0.1) is 6.61 Å². The van der Waals surface area contributed by atoms with Crippen LogP contribution in [0.4, 0.5) is 0 Å². The molecule has 0 aliphatic carbocycles. The van der Waals surface area contributed by atoms with E-state index >= 15 is 0 Å². The number of rotatable bonds is 8. The molecule has 0 saturated heterocycles. The van der Waals surface area contributed by atoms with Crippen molar-refractivity contribution < 1.29 is 4.74 Å². The maximum Gasteiger partial charge on any atom is 0.0621 e. The van der Waals surface area contributed by atoms with Crippen LogP contribution in [0.5, 0.6) is 0 Å². The summed E-state index contributed by atoms with van der Waals surface area (Å²) in [4.78, 5) is 0. The van der Waals surface area contributed by atoms with Crippen molar-refractivity contribution in [2.75, 3.05) is 19.8 Å². The van der Waals surface area contributed by atoms with Crippen LogP contribution >= 0.6 is 0 Å². The highest BCUT2D eigenvalue weighted by molar-refractivity contribution is 4.88. The first-order valence-corrected chi connectivity index (χ1v) is 5.53. The normalized spacial score (nSPS) is 13.2. The summed E-state index contributed by atoms with van der Waals surface area (Å²) in [6, 6.07) is 0.467. The van der Waals surface area contributed by atoms with E-state index in [1.807, 2.05) is 6.92 Å². The standard InChI is InChI=1S/C12H25NO/c1-6-14-9-12(11(4)5)13-8-7-10(2)3/h11-13H,2,6-9H2,1,3-5H3. The van der Waals surface area contributed by atoms with E-state index in [0.717, 1.165) is 26.2 Å². The van der Waals surface area contributed by atoms with Crippen LogP contribution in [-0.2, 0) is 4.74 Å². The molecule has 0 spiro atoms. The number of ether oxygens (including phenoxy) is 1. The summed E-state index contributed by atoms with van der Waals surface area (Å²) >= 11 is 0. The van der Waals surface area contributed by atoms with Gasteiger partial charge in [-0.2, -0.15) is 0 Å². The maximum absolute atomic E-state index is 5.43. The Bertz CT molecular complexity index is 154. The van der Waals surface area contributed by atoms with Crippen molar-refractivity contribution in [2.24, 2.45) is 5.92 Å². The van der Waals surface area contributed by atoms with Gasteiger partial charge < -0.3 is 10.1 Å². The molecule has 1 N–H and O–H groups in total. The molecule has 0 heterocycles. The third-order valence-electron chi connectivity index (χ3n) is 2.26. The fourth-order valence-corrected chi connectivity index (χ4v) is 1.20. The molecule has 0 rings (SSSR count). The lowest BCUT2D eigenvalue weighted by atomic mass is 10.1. The number of nitrogens with one attached hydrogen (secondary N) is 1. The first kappa shape index (κ1) is 13.7. The summed E-state index contributed by atoms with van der Waals surface area (Å²) in [5.74, 6) is 0.617. The van der Waals surface area contributed by atoms with Crippen LogP contribution in [-0.4, -0.2) is 25.8 Å². The fraction of sp³-hybridized carbons (Fsp3) is 0.833. The quantitative estimate of drug-likeness (QED) is 0.607. The molecule has 2 heteroatoms. The summed E-state index contributed by atoms with van der Waals surface area (Å²) in [6.45, 7) is 15.0. The minimum atomic E-state index is 0.467. The third-order valence-corrected chi connectivity index (χ3v) is 2.26. The van der Waals surface area contributed by atoms with Gasteiger partial charge in [-0.05, 0) is 32.7 Å². The predicted molar refractivity (Wildman–Crippen MR) is 62.6 cm³/mol. The van der Waals surface area contributed by atoms with Gasteiger partial charge in [0.1, 0.15) is 0 Å². The highest BCUT2D eigenvalue weighted by Gasteiger charge is 2.11. The topological polar surface area (TPSA) is 21.3 Å². The SMILES string of the molecule is C=C(C)CCNC(COCC)C(C)C. The van der Waals surface area contributed by atoms with Crippen LogP contribution in [0.3, 0.4) is 0 Å². The largest absolute Gasteiger partial charge is 0.380 e. The second-order valence-corrected chi connectivity index (χ2v) is 4.17. The Morgan fingerprint density at radius 2 is 2.07 bits per heavy atom. The molecule has 1 atom stereocenters. The van der Waals surface area contributed by atoms with E-state index in [-0.39, 0.29) is 0 Å². The number of hydrogen-bond donors (Lipinski definition) is 1. The zero-order valence-electron chi connectivity index (χ0n) is 10.1. The van der Waals surface area contributed by atoms with Gasteiger partial charge in [0.25, 0.3) is 0 Å². The Morgan fingerprint density at radius 1 is 1.43 bits per heavy atom. The van der Waals surface area contributed by atoms with E-state index < -0.39 is 0 Å². The Hall–Kier alpha value is -0.340. The molecule has 2 nitrogen and oxygen atoms in total. The summed E-state index contributed by atoms with van der Waals surface area (Å²) in [7, 11) is 0.